The van der Waals surface area contributed by atoms with Gasteiger partial charge in [0.15, 0.2) is 75.8 Å². The molecule has 0 aliphatic rings. The summed E-state index contributed by atoms with van der Waals surface area (Å²) in [7, 11) is 13.8. The molecule has 0 bridgehead atoms. The van der Waals surface area contributed by atoms with Gasteiger partial charge in [-0.05, 0) is 91.0 Å². The third-order valence-corrected chi connectivity index (χ3v) is 10.3. The van der Waals surface area contributed by atoms with E-state index in [1.54, 1.807) is 0 Å². The Balaban J connectivity index is 1.68. The van der Waals surface area contributed by atoms with Crippen molar-refractivity contribution in [1.82, 2.24) is 0 Å². The lowest BCUT2D eigenvalue weighted by Crippen LogP contribution is -2.50. The quantitative estimate of drug-likeness (QED) is 0.0478. The van der Waals surface area contributed by atoms with E-state index in [1.807, 2.05) is 0 Å². The van der Waals surface area contributed by atoms with Crippen LogP contribution in [0.3, 0.4) is 0 Å². The Morgan fingerprint density at radius 1 is 0.300 bits per heavy atom. The van der Waals surface area contributed by atoms with Crippen LogP contribution in [-0.4, -0.2) is 132 Å². The van der Waals surface area contributed by atoms with Crippen molar-refractivity contribution in [3.63, 3.8) is 0 Å². The second-order valence-electron chi connectivity index (χ2n) is 14.3. The molecule has 0 unspecified atom stereocenters. The van der Waals surface area contributed by atoms with E-state index in [1.165, 1.54) is 162 Å². The molecular weight excluding hydrogens is 921 g/mol. The number of esters is 5. The van der Waals surface area contributed by atoms with Crippen molar-refractivity contribution in [2.75, 3.05) is 84.3 Å². The van der Waals surface area contributed by atoms with Crippen LogP contribution >= 0.6 is 0 Å². The fraction of sp³-hybridized carbons (Fsp3) is 0.300. The number of hydrogen-bond acceptors (Lipinski definition) is 20. The second-order valence-corrected chi connectivity index (χ2v) is 14.3. The Morgan fingerprint density at radius 3 is 0.743 bits per heavy atom. The largest absolute Gasteiger partial charge is 0.493 e. The maximum Gasteiger partial charge on any atom is 0.338 e. The number of methoxy groups -OCH3 is 10. The normalized spacial score (nSPS) is 11.4. The number of ether oxygens (including phenoxy) is 15. The summed E-state index contributed by atoms with van der Waals surface area (Å²) in [4.78, 5) is 70.6. The minimum absolute atomic E-state index is 0.0261. The van der Waals surface area contributed by atoms with Gasteiger partial charge in [-0.1, -0.05) is 0 Å². The number of rotatable bonds is 24. The van der Waals surface area contributed by atoms with Crippen LogP contribution in [0.5, 0.6) is 57.5 Å². The van der Waals surface area contributed by atoms with Gasteiger partial charge in [0.05, 0.1) is 98.9 Å². The molecule has 0 aliphatic carbocycles. The molecular formula is C50H52O20. The fourth-order valence-electron chi connectivity index (χ4n) is 6.68. The fourth-order valence-corrected chi connectivity index (χ4v) is 6.68. The molecule has 0 aliphatic heterocycles. The summed E-state index contributed by atoms with van der Waals surface area (Å²) in [5, 5.41) is 0. The molecule has 20 nitrogen and oxygen atoms in total. The monoisotopic (exact) mass is 972 g/mol. The molecule has 0 fully saturated rings. The van der Waals surface area contributed by atoms with E-state index in [4.69, 9.17) is 71.1 Å². The smallest absolute Gasteiger partial charge is 0.338 e. The highest BCUT2D eigenvalue weighted by Gasteiger charge is 2.41. The van der Waals surface area contributed by atoms with E-state index < -0.39 is 61.4 Å². The Hall–Kier alpha value is -8.55. The van der Waals surface area contributed by atoms with Gasteiger partial charge in [-0.25, -0.2) is 24.0 Å². The first kappa shape index (κ1) is 52.4. The van der Waals surface area contributed by atoms with E-state index in [9.17, 15) is 24.0 Å². The lowest BCUT2D eigenvalue weighted by molar-refractivity contribution is -0.112. The highest BCUT2D eigenvalue weighted by Crippen LogP contribution is 2.33. The van der Waals surface area contributed by atoms with E-state index in [0.717, 1.165) is 0 Å². The molecule has 0 saturated carbocycles. The van der Waals surface area contributed by atoms with Crippen LogP contribution in [0, 0.1) is 0 Å². The highest BCUT2D eigenvalue weighted by atomic mass is 16.6. The molecule has 2 atom stereocenters. The third-order valence-electron chi connectivity index (χ3n) is 10.3. The summed E-state index contributed by atoms with van der Waals surface area (Å²) in [6, 6.07) is 20.8. The second kappa shape index (κ2) is 25.0. The molecule has 5 rings (SSSR count). The van der Waals surface area contributed by atoms with Crippen LogP contribution in [0.4, 0.5) is 0 Å². The van der Waals surface area contributed by atoms with Gasteiger partial charge in [0.2, 0.25) is 0 Å². The lowest BCUT2D eigenvalue weighted by atomic mass is 10.1. The van der Waals surface area contributed by atoms with Gasteiger partial charge >= 0.3 is 29.8 Å². The van der Waals surface area contributed by atoms with Crippen molar-refractivity contribution in [2.24, 2.45) is 0 Å². The average Bonchev–Trinajstić information content (AvgIpc) is 3.40. The average molecular weight is 973 g/mol. The van der Waals surface area contributed by atoms with Gasteiger partial charge in [0.25, 0.3) is 0 Å². The molecule has 0 amide bonds. The molecule has 5 aromatic carbocycles. The maximum atomic E-state index is 14.4. The summed E-state index contributed by atoms with van der Waals surface area (Å²) in [5.41, 5.74) is -0.374. The Bertz CT molecular complexity index is 2500. The predicted octanol–water partition coefficient (Wildman–Crippen LogP) is 6.46. The van der Waals surface area contributed by atoms with Crippen molar-refractivity contribution in [3.8, 4) is 57.5 Å². The maximum absolute atomic E-state index is 14.4. The Morgan fingerprint density at radius 2 is 0.514 bits per heavy atom. The van der Waals surface area contributed by atoms with Crippen LogP contribution in [-0.2, 0) is 23.7 Å². The van der Waals surface area contributed by atoms with Crippen LogP contribution in [0.2, 0.25) is 0 Å². The van der Waals surface area contributed by atoms with Crippen LogP contribution in [0.25, 0.3) is 0 Å². The van der Waals surface area contributed by atoms with Crippen molar-refractivity contribution < 1.29 is 95.0 Å². The molecule has 70 heavy (non-hydrogen) atoms. The molecule has 20 heteroatoms. The molecule has 0 saturated heterocycles. The van der Waals surface area contributed by atoms with E-state index >= 15 is 0 Å². The van der Waals surface area contributed by atoms with Crippen molar-refractivity contribution >= 4 is 29.8 Å². The molecule has 0 heterocycles. The molecule has 0 aromatic heterocycles. The zero-order valence-electron chi connectivity index (χ0n) is 40.0. The van der Waals surface area contributed by atoms with Crippen LogP contribution in [0.1, 0.15) is 51.8 Å². The van der Waals surface area contributed by atoms with Gasteiger partial charge in [0, 0.05) is 0 Å². The standard InChI is InChI=1S/C50H52O20/c1-56-33-16-11-28(21-38(33)61-6)46(51)66-26-43(68-48(53)30-13-18-35(58-3)40(23-30)63-8)45(70-50(55)32-15-20-37(60-5)42(25-32)65-10)44(69-49(54)31-14-19-36(59-4)41(24-31)64-9)27-67-47(52)29-12-17-34(57-2)39(22-29)62-7/h11-25,43-45H,26-27H2,1-10H3/t43-,44-/m1/s1. The summed E-state index contributed by atoms with van der Waals surface area (Å²) in [6.07, 6.45) is -5.70. The van der Waals surface area contributed by atoms with Gasteiger partial charge in [-0.15, -0.1) is 0 Å². The zero-order chi connectivity index (χ0) is 50.9. The predicted molar refractivity (Wildman–Crippen MR) is 246 cm³/mol. The van der Waals surface area contributed by atoms with Gasteiger partial charge < -0.3 is 71.1 Å². The molecule has 0 N–H and O–H groups in total. The number of benzene rings is 5. The summed E-state index contributed by atoms with van der Waals surface area (Å²) < 4.78 is 83.4. The number of carbonyl (C=O) groups is 5. The third kappa shape index (κ3) is 12.7. The highest BCUT2D eigenvalue weighted by molar-refractivity contribution is 5.93. The van der Waals surface area contributed by atoms with Gasteiger partial charge in [-0.2, -0.15) is 0 Å². The summed E-state index contributed by atoms with van der Waals surface area (Å²) >= 11 is 0. The number of hydrogen-bond donors (Lipinski definition) is 0. The molecule has 372 valence electrons. The van der Waals surface area contributed by atoms with E-state index in [0.29, 0.717) is 11.5 Å². The first-order valence-corrected chi connectivity index (χ1v) is 20.9. The van der Waals surface area contributed by atoms with Crippen LogP contribution < -0.4 is 47.4 Å². The summed E-state index contributed by atoms with van der Waals surface area (Å²) in [5.74, 6) is -2.90. The number of carbonyl (C=O) groups excluding carboxylic acids is 5. The summed E-state index contributed by atoms with van der Waals surface area (Å²) in [6.45, 7) is -1.74. The minimum Gasteiger partial charge on any atom is -0.493 e. The molecule has 0 spiro atoms. The topological polar surface area (TPSA) is 224 Å². The van der Waals surface area contributed by atoms with Crippen molar-refractivity contribution in [2.45, 2.75) is 18.3 Å². The van der Waals surface area contributed by atoms with E-state index in [-0.39, 0.29) is 73.8 Å². The lowest BCUT2D eigenvalue weighted by Gasteiger charge is -2.32. The Kier molecular flexibility index (Phi) is 18.7. The SMILES string of the molecule is COc1ccc(C(=O)OC[C@@H](OC(=O)c2ccc(OC)c(OC)c2)C(OC(=O)c2ccc(OC)c(OC)c2)[C@@H](COC(=O)c2ccc(OC)c(OC)c2)OC(=O)c2ccc(OC)c(OC)c2)cc1OC. The molecule has 0 radical (unpaired) electrons. The zero-order valence-corrected chi connectivity index (χ0v) is 40.0. The van der Waals surface area contributed by atoms with Gasteiger partial charge in [-0.3, -0.25) is 0 Å². The first-order valence-electron chi connectivity index (χ1n) is 20.9. The van der Waals surface area contributed by atoms with Crippen LogP contribution in [0.15, 0.2) is 91.0 Å². The molecule has 5 aromatic rings. The van der Waals surface area contributed by atoms with Crippen molar-refractivity contribution in [1.29, 1.82) is 0 Å². The van der Waals surface area contributed by atoms with Gasteiger partial charge in [0.1, 0.15) is 13.2 Å². The minimum atomic E-state index is -1.97. The van der Waals surface area contributed by atoms with E-state index in [2.05, 4.69) is 0 Å². The Labute approximate surface area is 402 Å². The first-order chi connectivity index (χ1) is 33.8. The van der Waals surface area contributed by atoms with Crippen molar-refractivity contribution in [3.05, 3.63) is 119 Å².